The molecule has 25 heavy (non-hydrogen) atoms. The summed E-state index contributed by atoms with van der Waals surface area (Å²) >= 11 is 0. The van der Waals surface area contributed by atoms with Gasteiger partial charge >= 0.3 is 0 Å². The maximum Gasteiger partial charge on any atom is 0.143 e. The third-order valence-corrected chi connectivity index (χ3v) is 4.78. The lowest BCUT2D eigenvalue weighted by Crippen LogP contribution is -2.44. The van der Waals surface area contributed by atoms with Gasteiger partial charge in [-0.25, -0.2) is 4.52 Å². The minimum Gasteiger partial charge on any atom is -0.506 e. The Kier molecular flexibility index (Phi) is 3.79. The van der Waals surface area contributed by atoms with Gasteiger partial charge in [0, 0.05) is 43.6 Å². The van der Waals surface area contributed by atoms with E-state index in [1.165, 1.54) is 11.9 Å². The van der Waals surface area contributed by atoms with Crippen molar-refractivity contribution in [1.29, 1.82) is 5.26 Å². The van der Waals surface area contributed by atoms with E-state index < -0.39 is 0 Å². The number of hydrogen-bond donors (Lipinski definition) is 1. The van der Waals surface area contributed by atoms with Gasteiger partial charge in [0.1, 0.15) is 22.9 Å². The lowest BCUT2D eigenvalue weighted by molar-refractivity contribution is 0.313. The average molecular weight is 333 g/mol. The Balaban J connectivity index is 1.64. The number of likely N-dealkylation sites (N-methyl/N-ethyl adjacent to an activating group) is 1. The molecule has 1 aromatic carbocycles. The first-order valence-electron chi connectivity index (χ1n) is 8.30. The van der Waals surface area contributed by atoms with Crippen molar-refractivity contribution in [3.05, 3.63) is 48.3 Å². The van der Waals surface area contributed by atoms with E-state index in [0.29, 0.717) is 11.1 Å². The second kappa shape index (κ2) is 6.11. The van der Waals surface area contributed by atoms with Crippen molar-refractivity contribution in [2.75, 3.05) is 38.1 Å². The average Bonchev–Trinajstić information content (AvgIpc) is 3.06. The van der Waals surface area contributed by atoms with Crippen LogP contribution in [0.25, 0.3) is 16.6 Å². The maximum absolute atomic E-state index is 10.3. The molecule has 1 fully saturated rings. The minimum absolute atomic E-state index is 0.0645. The molecule has 0 spiro atoms. The van der Waals surface area contributed by atoms with E-state index in [9.17, 15) is 5.11 Å². The number of fused-ring (bicyclic) bond motifs is 1. The van der Waals surface area contributed by atoms with Crippen LogP contribution in [0.4, 0.5) is 5.69 Å². The fourth-order valence-electron chi connectivity index (χ4n) is 3.27. The van der Waals surface area contributed by atoms with Gasteiger partial charge in [0.15, 0.2) is 0 Å². The molecule has 1 N–H and O–H groups in total. The molecule has 6 heteroatoms. The zero-order chi connectivity index (χ0) is 17.4. The Morgan fingerprint density at radius 3 is 2.48 bits per heavy atom. The number of rotatable bonds is 2. The number of piperazine rings is 1. The summed E-state index contributed by atoms with van der Waals surface area (Å²) in [6.07, 6.45) is 3.30. The van der Waals surface area contributed by atoms with Crippen LogP contribution in [0, 0.1) is 11.3 Å². The van der Waals surface area contributed by atoms with Gasteiger partial charge in [-0.3, -0.25) is 0 Å². The van der Waals surface area contributed by atoms with Crippen molar-refractivity contribution < 1.29 is 5.11 Å². The first kappa shape index (κ1) is 15.5. The van der Waals surface area contributed by atoms with Gasteiger partial charge in [0.25, 0.3) is 0 Å². The van der Waals surface area contributed by atoms with Crippen LogP contribution in [-0.2, 0) is 0 Å². The lowest BCUT2D eigenvalue weighted by Gasteiger charge is -2.34. The van der Waals surface area contributed by atoms with Crippen LogP contribution in [0.15, 0.2) is 42.7 Å². The highest BCUT2D eigenvalue weighted by Gasteiger charge is 2.15. The Morgan fingerprint density at radius 2 is 1.80 bits per heavy atom. The summed E-state index contributed by atoms with van der Waals surface area (Å²) in [5.74, 6) is 0.0645. The van der Waals surface area contributed by atoms with Gasteiger partial charge < -0.3 is 14.9 Å². The topological polar surface area (TPSA) is 67.8 Å². The highest BCUT2D eigenvalue weighted by Crippen LogP contribution is 2.30. The standard InChI is InChI=1S/C19H19N5O/c1-22-6-8-23(9-7-22)17-4-2-14(3-5-17)15-10-18(25)19-16(11-20)12-21-24(19)13-15/h2-5,10,12-13,25H,6-9H2,1H3. The summed E-state index contributed by atoms with van der Waals surface area (Å²) in [4.78, 5) is 4.72. The van der Waals surface area contributed by atoms with Gasteiger partial charge in [-0.2, -0.15) is 10.4 Å². The van der Waals surface area contributed by atoms with E-state index in [-0.39, 0.29) is 5.75 Å². The minimum atomic E-state index is 0.0645. The van der Waals surface area contributed by atoms with Crippen LogP contribution in [0.1, 0.15) is 5.56 Å². The molecule has 0 saturated carbocycles. The van der Waals surface area contributed by atoms with Crippen molar-refractivity contribution in [1.82, 2.24) is 14.5 Å². The molecular weight excluding hydrogens is 314 g/mol. The molecule has 0 unspecified atom stereocenters. The summed E-state index contributed by atoms with van der Waals surface area (Å²) in [5, 5.41) is 23.5. The Labute approximate surface area is 146 Å². The van der Waals surface area contributed by atoms with Crippen LogP contribution < -0.4 is 4.90 Å². The molecule has 6 nitrogen and oxygen atoms in total. The summed E-state index contributed by atoms with van der Waals surface area (Å²) < 4.78 is 1.55. The zero-order valence-electron chi connectivity index (χ0n) is 14.1. The monoisotopic (exact) mass is 333 g/mol. The van der Waals surface area contributed by atoms with Gasteiger partial charge in [0.2, 0.25) is 0 Å². The normalized spacial score (nSPS) is 15.4. The Bertz CT molecular complexity index is 946. The zero-order valence-corrected chi connectivity index (χ0v) is 14.1. The second-order valence-electron chi connectivity index (χ2n) is 6.41. The molecule has 1 saturated heterocycles. The highest BCUT2D eigenvalue weighted by molar-refractivity contribution is 5.75. The predicted molar refractivity (Wildman–Crippen MR) is 96.7 cm³/mol. The van der Waals surface area contributed by atoms with E-state index in [1.54, 1.807) is 10.6 Å². The fourth-order valence-corrected chi connectivity index (χ4v) is 3.27. The van der Waals surface area contributed by atoms with E-state index in [0.717, 1.165) is 37.3 Å². The van der Waals surface area contributed by atoms with Gasteiger partial charge in [-0.1, -0.05) is 12.1 Å². The number of aromatic hydroxyl groups is 1. The van der Waals surface area contributed by atoms with E-state index >= 15 is 0 Å². The maximum atomic E-state index is 10.3. The molecule has 2 aromatic heterocycles. The summed E-state index contributed by atoms with van der Waals surface area (Å²) in [5.41, 5.74) is 3.90. The largest absolute Gasteiger partial charge is 0.506 e. The number of aromatic nitrogens is 2. The van der Waals surface area contributed by atoms with Gasteiger partial charge in [-0.05, 0) is 30.8 Å². The van der Waals surface area contributed by atoms with Crippen LogP contribution in [0.2, 0.25) is 0 Å². The molecule has 0 atom stereocenters. The van der Waals surface area contributed by atoms with Crippen molar-refractivity contribution in [2.45, 2.75) is 0 Å². The number of pyridine rings is 1. The highest BCUT2D eigenvalue weighted by atomic mass is 16.3. The molecule has 0 aliphatic carbocycles. The molecule has 1 aliphatic heterocycles. The molecule has 0 amide bonds. The SMILES string of the molecule is CN1CCN(c2ccc(-c3cc(O)c4c(C#N)cnn4c3)cc2)CC1. The summed E-state index contributed by atoms with van der Waals surface area (Å²) in [6.45, 7) is 4.22. The number of benzene rings is 1. The van der Waals surface area contributed by atoms with Gasteiger partial charge in [0.05, 0.1) is 6.20 Å². The van der Waals surface area contributed by atoms with E-state index in [1.807, 2.05) is 12.3 Å². The molecule has 4 rings (SSSR count). The first-order chi connectivity index (χ1) is 12.2. The molecular formula is C19H19N5O. The Morgan fingerprint density at radius 1 is 1.08 bits per heavy atom. The number of anilines is 1. The van der Waals surface area contributed by atoms with Crippen molar-refractivity contribution in [3.8, 4) is 22.9 Å². The summed E-state index contributed by atoms with van der Waals surface area (Å²) in [7, 11) is 2.15. The first-order valence-corrected chi connectivity index (χ1v) is 8.30. The lowest BCUT2D eigenvalue weighted by atomic mass is 10.1. The number of nitrogens with zero attached hydrogens (tertiary/aromatic N) is 5. The van der Waals surface area contributed by atoms with E-state index in [2.05, 4.69) is 46.2 Å². The molecule has 0 bridgehead atoms. The van der Waals surface area contributed by atoms with Crippen LogP contribution >= 0.6 is 0 Å². The van der Waals surface area contributed by atoms with Gasteiger partial charge in [-0.15, -0.1) is 0 Å². The second-order valence-corrected chi connectivity index (χ2v) is 6.41. The quantitative estimate of drug-likeness (QED) is 0.779. The van der Waals surface area contributed by atoms with Crippen LogP contribution in [0.3, 0.4) is 0 Å². The molecule has 3 heterocycles. The predicted octanol–water partition coefficient (Wildman–Crippen LogP) is 2.33. The van der Waals surface area contributed by atoms with Crippen molar-refractivity contribution in [2.24, 2.45) is 0 Å². The van der Waals surface area contributed by atoms with Crippen LogP contribution in [-0.4, -0.2) is 52.8 Å². The van der Waals surface area contributed by atoms with E-state index in [4.69, 9.17) is 5.26 Å². The third kappa shape index (κ3) is 2.79. The smallest absolute Gasteiger partial charge is 0.143 e. The number of nitriles is 1. The van der Waals surface area contributed by atoms with Crippen molar-refractivity contribution >= 4 is 11.2 Å². The molecule has 126 valence electrons. The van der Waals surface area contributed by atoms with Crippen LogP contribution in [0.5, 0.6) is 5.75 Å². The Hall–Kier alpha value is -3.04. The number of hydrogen-bond acceptors (Lipinski definition) is 5. The third-order valence-electron chi connectivity index (χ3n) is 4.78. The summed E-state index contributed by atoms with van der Waals surface area (Å²) in [6, 6.07) is 12.1. The van der Waals surface area contributed by atoms with Crippen molar-refractivity contribution in [3.63, 3.8) is 0 Å². The molecule has 1 aliphatic rings. The molecule has 0 radical (unpaired) electrons. The molecule has 3 aromatic rings. The fraction of sp³-hybridized carbons (Fsp3) is 0.263.